The molecule has 0 saturated carbocycles. The number of ether oxygens (including phenoxy) is 3. The first-order valence-corrected chi connectivity index (χ1v) is 9.37. The molecule has 0 aromatic heterocycles. The van der Waals surface area contributed by atoms with Gasteiger partial charge in [-0.05, 0) is 56.2 Å². The van der Waals surface area contributed by atoms with Crippen LogP contribution in [0, 0.1) is 5.92 Å². The summed E-state index contributed by atoms with van der Waals surface area (Å²) >= 11 is 0. The van der Waals surface area contributed by atoms with Crippen LogP contribution in [0.15, 0.2) is 48.5 Å². The Morgan fingerprint density at radius 2 is 1.68 bits per heavy atom. The highest BCUT2D eigenvalue weighted by Gasteiger charge is 2.17. The molecule has 0 saturated heterocycles. The topological polar surface area (TPSA) is 73.9 Å². The molecule has 0 aliphatic heterocycles. The third kappa shape index (κ3) is 6.30. The molecular formula is C22H27NO5. The minimum atomic E-state index is -0.725. The standard InChI is InChI=1S/C22H27NO5/c1-5-26-20-9-7-6-8-19(20)23-21(24)17-10-12-18(13-11-17)28-16(4)22(25)27-14-15(2)3/h6-13,15-16H,5,14H2,1-4H3,(H,23,24)/t16-/m1/s1. The van der Waals surface area contributed by atoms with Gasteiger partial charge in [0.1, 0.15) is 11.5 Å². The van der Waals surface area contributed by atoms with E-state index in [4.69, 9.17) is 14.2 Å². The van der Waals surface area contributed by atoms with Crippen LogP contribution in [-0.2, 0) is 9.53 Å². The van der Waals surface area contributed by atoms with Crippen molar-refractivity contribution in [2.24, 2.45) is 5.92 Å². The van der Waals surface area contributed by atoms with E-state index in [1.54, 1.807) is 43.3 Å². The number of nitrogens with one attached hydrogen (secondary N) is 1. The Bertz CT molecular complexity index is 786. The van der Waals surface area contributed by atoms with Gasteiger partial charge in [-0.25, -0.2) is 4.79 Å². The summed E-state index contributed by atoms with van der Waals surface area (Å²) in [5, 5.41) is 2.84. The monoisotopic (exact) mass is 385 g/mol. The molecule has 1 amide bonds. The molecular weight excluding hydrogens is 358 g/mol. The highest BCUT2D eigenvalue weighted by atomic mass is 16.6. The van der Waals surface area contributed by atoms with Gasteiger partial charge in [0.05, 0.1) is 18.9 Å². The van der Waals surface area contributed by atoms with Crippen molar-refractivity contribution < 1.29 is 23.8 Å². The Labute approximate surface area is 165 Å². The lowest BCUT2D eigenvalue weighted by Crippen LogP contribution is -2.27. The molecule has 150 valence electrons. The lowest BCUT2D eigenvalue weighted by atomic mass is 10.2. The second kappa shape index (κ2) is 10.3. The van der Waals surface area contributed by atoms with Gasteiger partial charge in [0.25, 0.3) is 5.91 Å². The highest BCUT2D eigenvalue weighted by molar-refractivity contribution is 6.05. The predicted molar refractivity (Wildman–Crippen MR) is 108 cm³/mol. The minimum absolute atomic E-state index is 0.261. The molecule has 0 aliphatic rings. The van der Waals surface area contributed by atoms with Crippen LogP contribution in [0.4, 0.5) is 5.69 Å². The number of carbonyl (C=O) groups excluding carboxylic acids is 2. The summed E-state index contributed by atoms with van der Waals surface area (Å²) in [4.78, 5) is 24.4. The lowest BCUT2D eigenvalue weighted by molar-refractivity contribution is -0.152. The molecule has 0 aliphatic carbocycles. The van der Waals surface area contributed by atoms with Gasteiger partial charge in [-0.2, -0.15) is 0 Å². The second-order valence-corrected chi connectivity index (χ2v) is 6.69. The number of benzene rings is 2. The molecule has 0 radical (unpaired) electrons. The van der Waals surface area contributed by atoms with Gasteiger partial charge in [0.15, 0.2) is 6.10 Å². The van der Waals surface area contributed by atoms with Crippen LogP contribution in [0.1, 0.15) is 38.1 Å². The molecule has 2 aromatic rings. The first-order chi connectivity index (χ1) is 13.4. The molecule has 0 spiro atoms. The van der Waals surface area contributed by atoms with Crippen molar-refractivity contribution in [3.63, 3.8) is 0 Å². The summed E-state index contributed by atoms with van der Waals surface area (Å²) in [6, 6.07) is 13.8. The number of amides is 1. The van der Waals surface area contributed by atoms with E-state index in [1.807, 2.05) is 32.9 Å². The zero-order valence-electron chi connectivity index (χ0n) is 16.7. The summed E-state index contributed by atoms with van der Waals surface area (Å²) in [5.74, 6) is 0.695. The summed E-state index contributed by atoms with van der Waals surface area (Å²) < 4.78 is 16.3. The van der Waals surface area contributed by atoms with Gasteiger partial charge in [-0.15, -0.1) is 0 Å². The molecule has 1 N–H and O–H groups in total. The van der Waals surface area contributed by atoms with Crippen LogP contribution >= 0.6 is 0 Å². The average molecular weight is 385 g/mol. The van der Waals surface area contributed by atoms with E-state index in [2.05, 4.69) is 5.32 Å². The number of hydrogen-bond donors (Lipinski definition) is 1. The molecule has 0 heterocycles. The summed E-state index contributed by atoms with van der Waals surface area (Å²) in [6.07, 6.45) is -0.725. The van der Waals surface area contributed by atoms with E-state index in [1.165, 1.54) is 0 Å². The Balaban J connectivity index is 1.96. The van der Waals surface area contributed by atoms with Crippen LogP contribution in [0.5, 0.6) is 11.5 Å². The van der Waals surface area contributed by atoms with Crippen molar-refractivity contribution in [2.75, 3.05) is 18.5 Å². The number of rotatable bonds is 9. The summed E-state index contributed by atoms with van der Waals surface area (Å²) in [7, 11) is 0. The highest BCUT2D eigenvalue weighted by Crippen LogP contribution is 2.24. The fourth-order valence-electron chi connectivity index (χ4n) is 2.35. The van der Waals surface area contributed by atoms with Crippen LogP contribution < -0.4 is 14.8 Å². The van der Waals surface area contributed by atoms with Gasteiger partial charge >= 0.3 is 5.97 Å². The molecule has 28 heavy (non-hydrogen) atoms. The van der Waals surface area contributed by atoms with E-state index in [0.717, 1.165) is 0 Å². The normalized spacial score (nSPS) is 11.6. The van der Waals surface area contributed by atoms with Crippen LogP contribution in [0.2, 0.25) is 0 Å². The van der Waals surface area contributed by atoms with Crippen LogP contribution in [0.25, 0.3) is 0 Å². The van der Waals surface area contributed by atoms with Gasteiger partial charge in [-0.3, -0.25) is 4.79 Å². The SMILES string of the molecule is CCOc1ccccc1NC(=O)c1ccc(O[C@H](C)C(=O)OCC(C)C)cc1. The molecule has 2 rings (SSSR count). The van der Waals surface area contributed by atoms with Crippen LogP contribution in [0.3, 0.4) is 0 Å². The fraction of sp³-hybridized carbons (Fsp3) is 0.364. The number of esters is 1. The number of anilines is 1. The van der Waals surface area contributed by atoms with Crippen molar-refractivity contribution in [1.82, 2.24) is 0 Å². The number of hydrogen-bond acceptors (Lipinski definition) is 5. The predicted octanol–water partition coefficient (Wildman–Crippen LogP) is 4.30. The first kappa shape index (κ1) is 21.3. The molecule has 6 heteroatoms. The summed E-state index contributed by atoms with van der Waals surface area (Å²) in [5.41, 5.74) is 1.07. The maximum atomic E-state index is 12.5. The van der Waals surface area contributed by atoms with Crippen molar-refractivity contribution in [3.8, 4) is 11.5 Å². The van der Waals surface area contributed by atoms with Gasteiger partial charge < -0.3 is 19.5 Å². The minimum Gasteiger partial charge on any atom is -0.492 e. The number of para-hydroxylation sites is 2. The molecule has 0 unspecified atom stereocenters. The molecule has 2 aromatic carbocycles. The Kier molecular flexibility index (Phi) is 7.87. The lowest BCUT2D eigenvalue weighted by Gasteiger charge is -2.15. The third-order valence-electron chi connectivity index (χ3n) is 3.76. The largest absolute Gasteiger partial charge is 0.492 e. The molecule has 6 nitrogen and oxygen atoms in total. The Morgan fingerprint density at radius 3 is 2.32 bits per heavy atom. The smallest absolute Gasteiger partial charge is 0.347 e. The average Bonchev–Trinajstić information content (AvgIpc) is 2.68. The van der Waals surface area contributed by atoms with E-state index in [0.29, 0.717) is 36.0 Å². The van der Waals surface area contributed by atoms with Crippen molar-refractivity contribution in [2.45, 2.75) is 33.8 Å². The maximum absolute atomic E-state index is 12.5. The van der Waals surface area contributed by atoms with E-state index in [-0.39, 0.29) is 11.8 Å². The molecule has 1 atom stereocenters. The fourth-order valence-corrected chi connectivity index (χ4v) is 2.35. The van der Waals surface area contributed by atoms with Crippen molar-refractivity contribution in [3.05, 3.63) is 54.1 Å². The van der Waals surface area contributed by atoms with E-state index < -0.39 is 12.1 Å². The second-order valence-electron chi connectivity index (χ2n) is 6.69. The van der Waals surface area contributed by atoms with Gasteiger partial charge in [0.2, 0.25) is 0 Å². The Morgan fingerprint density at radius 1 is 1.00 bits per heavy atom. The first-order valence-electron chi connectivity index (χ1n) is 9.37. The quantitative estimate of drug-likeness (QED) is 0.651. The van der Waals surface area contributed by atoms with Crippen LogP contribution in [-0.4, -0.2) is 31.2 Å². The third-order valence-corrected chi connectivity index (χ3v) is 3.76. The van der Waals surface area contributed by atoms with E-state index in [9.17, 15) is 9.59 Å². The zero-order chi connectivity index (χ0) is 20.5. The zero-order valence-corrected chi connectivity index (χ0v) is 16.7. The Hall–Kier alpha value is -3.02. The molecule has 0 fully saturated rings. The summed E-state index contributed by atoms with van der Waals surface area (Å²) in [6.45, 7) is 8.32. The van der Waals surface area contributed by atoms with Gasteiger partial charge in [0, 0.05) is 5.56 Å². The van der Waals surface area contributed by atoms with Crippen molar-refractivity contribution >= 4 is 17.6 Å². The number of carbonyl (C=O) groups is 2. The van der Waals surface area contributed by atoms with E-state index >= 15 is 0 Å². The van der Waals surface area contributed by atoms with Gasteiger partial charge in [-0.1, -0.05) is 26.0 Å². The molecule has 0 bridgehead atoms. The maximum Gasteiger partial charge on any atom is 0.347 e. The van der Waals surface area contributed by atoms with Crippen molar-refractivity contribution in [1.29, 1.82) is 0 Å².